The SMILES string of the molecule is O=C(Cc1c[nH]c2ccccc12)NNC(=O)c1cc2c(s1)CCCCC2. The molecule has 0 spiro atoms. The molecule has 0 saturated carbocycles. The summed E-state index contributed by atoms with van der Waals surface area (Å²) in [5.74, 6) is -0.475. The number of nitrogens with one attached hydrogen (secondary N) is 3. The predicted octanol–water partition coefficient (Wildman–Crippen LogP) is 3.50. The van der Waals surface area contributed by atoms with E-state index in [0.717, 1.165) is 29.3 Å². The van der Waals surface area contributed by atoms with Crippen LogP contribution in [0.2, 0.25) is 0 Å². The lowest BCUT2D eigenvalue weighted by Gasteiger charge is -2.06. The Balaban J connectivity index is 1.36. The summed E-state index contributed by atoms with van der Waals surface area (Å²) < 4.78 is 0. The molecule has 2 amide bonds. The van der Waals surface area contributed by atoms with Gasteiger partial charge in [0.15, 0.2) is 0 Å². The molecule has 0 fully saturated rings. The van der Waals surface area contributed by atoms with Crippen LogP contribution in [0.1, 0.15) is 44.9 Å². The predicted molar refractivity (Wildman–Crippen MR) is 103 cm³/mol. The van der Waals surface area contributed by atoms with Crippen molar-refractivity contribution in [3.05, 3.63) is 57.4 Å². The quantitative estimate of drug-likeness (QED) is 0.490. The fourth-order valence-corrected chi connectivity index (χ4v) is 4.61. The van der Waals surface area contributed by atoms with E-state index in [1.54, 1.807) is 11.3 Å². The number of carbonyl (C=O) groups is 2. The molecule has 2 aromatic heterocycles. The molecule has 0 radical (unpaired) electrons. The molecule has 134 valence electrons. The molecular weight excluding hydrogens is 346 g/mol. The number of H-pyrrole nitrogens is 1. The number of aromatic amines is 1. The van der Waals surface area contributed by atoms with Crippen LogP contribution in [0.25, 0.3) is 10.9 Å². The number of aromatic nitrogens is 1. The van der Waals surface area contributed by atoms with Crippen molar-refractivity contribution >= 4 is 34.1 Å². The first-order valence-corrected chi connectivity index (χ1v) is 9.78. The van der Waals surface area contributed by atoms with Gasteiger partial charge in [-0.25, -0.2) is 0 Å². The summed E-state index contributed by atoms with van der Waals surface area (Å²) in [5.41, 5.74) is 8.28. The number of fused-ring (bicyclic) bond motifs is 2. The molecule has 2 heterocycles. The molecule has 6 heteroatoms. The van der Waals surface area contributed by atoms with Crippen LogP contribution in [0.3, 0.4) is 0 Å². The number of hydrazine groups is 1. The number of rotatable bonds is 3. The van der Waals surface area contributed by atoms with Crippen LogP contribution in [0.5, 0.6) is 0 Å². The van der Waals surface area contributed by atoms with Gasteiger partial charge in [-0.15, -0.1) is 11.3 Å². The summed E-state index contributed by atoms with van der Waals surface area (Å²) in [6.07, 6.45) is 7.79. The van der Waals surface area contributed by atoms with Crippen molar-refractivity contribution in [1.29, 1.82) is 0 Å². The maximum atomic E-state index is 12.3. The van der Waals surface area contributed by atoms with E-state index in [1.165, 1.54) is 29.7 Å². The van der Waals surface area contributed by atoms with Crippen molar-refractivity contribution in [3.8, 4) is 0 Å². The van der Waals surface area contributed by atoms with Gasteiger partial charge in [0, 0.05) is 22.0 Å². The monoisotopic (exact) mass is 367 g/mol. The lowest BCUT2D eigenvalue weighted by molar-refractivity contribution is -0.121. The van der Waals surface area contributed by atoms with Gasteiger partial charge >= 0.3 is 0 Å². The molecule has 0 unspecified atom stereocenters. The number of hydrogen-bond acceptors (Lipinski definition) is 3. The Kier molecular flexibility index (Phi) is 4.75. The highest BCUT2D eigenvalue weighted by molar-refractivity contribution is 7.14. The standard InChI is InChI=1S/C20H21N3O2S/c24-19(11-14-12-21-16-8-5-4-7-15(14)16)22-23-20(25)18-10-13-6-2-1-3-9-17(13)26-18/h4-5,7-8,10,12,21H,1-3,6,9,11H2,(H,22,24)(H,23,25). The highest BCUT2D eigenvalue weighted by Crippen LogP contribution is 2.28. The smallest absolute Gasteiger partial charge is 0.279 e. The Hall–Kier alpha value is -2.60. The van der Waals surface area contributed by atoms with Crippen LogP contribution >= 0.6 is 11.3 Å². The first-order valence-electron chi connectivity index (χ1n) is 8.96. The minimum atomic E-state index is -0.240. The second-order valence-corrected chi connectivity index (χ2v) is 7.80. The van der Waals surface area contributed by atoms with Gasteiger partial charge in [-0.1, -0.05) is 24.6 Å². The first kappa shape index (κ1) is 16.8. The van der Waals surface area contributed by atoms with Crippen LogP contribution < -0.4 is 10.9 Å². The third-order valence-corrected chi connectivity index (χ3v) is 6.05. The fraction of sp³-hybridized carbons (Fsp3) is 0.300. The van der Waals surface area contributed by atoms with Gasteiger partial charge in [-0.2, -0.15) is 0 Å². The molecule has 0 saturated heterocycles. The Morgan fingerprint density at radius 2 is 1.92 bits per heavy atom. The summed E-state index contributed by atoms with van der Waals surface area (Å²) >= 11 is 1.55. The van der Waals surface area contributed by atoms with Gasteiger partial charge in [0.2, 0.25) is 5.91 Å². The third-order valence-electron chi connectivity index (χ3n) is 4.81. The minimum absolute atomic E-state index is 0.214. The van der Waals surface area contributed by atoms with E-state index in [1.807, 2.05) is 36.5 Å². The molecule has 1 aliphatic rings. The summed E-state index contributed by atoms with van der Waals surface area (Å²) in [6.45, 7) is 0. The van der Waals surface area contributed by atoms with Gasteiger partial charge in [0.1, 0.15) is 0 Å². The van der Waals surface area contributed by atoms with Crippen molar-refractivity contribution in [2.24, 2.45) is 0 Å². The molecule has 26 heavy (non-hydrogen) atoms. The summed E-state index contributed by atoms with van der Waals surface area (Å²) in [5, 5.41) is 1.02. The van der Waals surface area contributed by atoms with Crippen LogP contribution in [-0.2, 0) is 24.1 Å². The molecular formula is C20H21N3O2S. The van der Waals surface area contributed by atoms with E-state index in [4.69, 9.17) is 0 Å². The number of amides is 2. The van der Waals surface area contributed by atoms with E-state index >= 15 is 0 Å². The average molecular weight is 367 g/mol. The second-order valence-electron chi connectivity index (χ2n) is 6.66. The van der Waals surface area contributed by atoms with E-state index in [2.05, 4.69) is 15.8 Å². The van der Waals surface area contributed by atoms with Crippen molar-refractivity contribution in [3.63, 3.8) is 0 Å². The highest BCUT2D eigenvalue weighted by atomic mass is 32.1. The number of carbonyl (C=O) groups excluding carboxylic acids is 2. The van der Waals surface area contributed by atoms with Crippen LogP contribution in [0.4, 0.5) is 0 Å². The van der Waals surface area contributed by atoms with Gasteiger partial charge < -0.3 is 4.98 Å². The molecule has 3 aromatic rings. The molecule has 0 aliphatic heterocycles. The number of para-hydroxylation sites is 1. The Morgan fingerprint density at radius 3 is 2.85 bits per heavy atom. The van der Waals surface area contributed by atoms with Crippen molar-refractivity contribution < 1.29 is 9.59 Å². The van der Waals surface area contributed by atoms with Gasteiger partial charge in [0.25, 0.3) is 5.91 Å². The number of aryl methyl sites for hydroxylation is 2. The van der Waals surface area contributed by atoms with E-state index < -0.39 is 0 Å². The maximum absolute atomic E-state index is 12.3. The van der Waals surface area contributed by atoms with Crippen LogP contribution in [0, 0.1) is 0 Å². The van der Waals surface area contributed by atoms with Crippen LogP contribution in [-0.4, -0.2) is 16.8 Å². The maximum Gasteiger partial charge on any atom is 0.279 e. The highest BCUT2D eigenvalue weighted by Gasteiger charge is 2.17. The number of hydrogen-bond donors (Lipinski definition) is 3. The average Bonchev–Trinajstić information content (AvgIpc) is 3.18. The molecule has 5 nitrogen and oxygen atoms in total. The zero-order valence-corrected chi connectivity index (χ0v) is 15.2. The lowest BCUT2D eigenvalue weighted by Crippen LogP contribution is -2.42. The molecule has 1 aromatic carbocycles. The topological polar surface area (TPSA) is 74.0 Å². The molecule has 4 rings (SSSR count). The Morgan fingerprint density at radius 1 is 1.08 bits per heavy atom. The van der Waals surface area contributed by atoms with Crippen molar-refractivity contribution in [2.75, 3.05) is 0 Å². The molecule has 0 bridgehead atoms. The van der Waals surface area contributed by atoms with Crippen molar-refractivity contribution in [1.82, 2.24) is 15.8 Å². The molecule has 0 atom stereocenters. The summed E-state index contributed by atoms with van der Waals surface area (Å²) in [6, 6.07) is 9.82. The third kappa shape index (κ3) is 3.51. The first-order chi connectivity index (χ1) is 12.7. The zero-order chi connectivity index (χ0) is 17.9. The number of benzene rings is 1. The largest absolute Gasteiger partial charge is 0.361 e. The van der Waals surface area contributed by atoms with Crippen LogP contribution in [0.15, 0.2) is 36.5 Å². The Labute approximate surface area is 155 Å². The van der Waals surface area contributed by atoms with E-state index in [0.29, 0.717) is 4.88 Å². The Bertz CT molecular complexity index is 934. The molecule has 3 N–H and O–H groups in total. The zero-order valence-electron chi connectivity index (χ0n) is 14.4. The summed E-state index contributed by atoms with van der Waals surface area (Å²) in [4.78, 5) is 29.7. The van der Waals surface area contributed by atoms with Gasteiger partial charge in [-0.3, -0.25) is 20.4 Å². The molecule has 1 aliphatic carbocycles. The van der Waals surface area contributed by atoms with E-state index in [9.17, 15) is 9.59 Å². The van der Waals surface area contributed by atoms with Gasteiger partial charge in [0.05, 0.1) is 11.3 Å². The second kappa shape index (κ2) is 7.33. The fourth-order valence-electron chi connectivity index (χ4n) is 3.46. The number of thiophene rings is 1. The van der Waals surface area contributed by atoms with Gasteiger partial charge in [-0.05, 0) is 48.9 Å². The lowest BCUT2D eigenvalue weighted by atomic mass is 10.1. The summed E-state index contributed by atoms with van der Waals surface area (Å²) in [7, 11) is 0. The minimum Gasteiger partial charge on any atom is -0.361 e. The van der Waals surface area contributed by atoms with Crippen molar-refractivity contribution in [2.45, 2.75) is 38.5 Å². The van der Waals surface area contributed by atoms with E-state index in [-0.39, 0.29) is 18.2 Å². The normalized spacial score (nSPS) is 13.8.